The highest BCUT2D eigenvalue weighted by Gasteiger charge is 2.14. The van der Waals surface area contributed by atoms with E-state index in [1.54, 1.807) is 10.4 Å². The predicted molar refractivity (Wildman–Crippen MR) is 65.6 cm³/mol. The summed E-state index contributed by atoms with van der Waals surface area (Å²) in [5.74, 6) is 0. The van der Waals surface area contributed by atoms with Crippen LogP contribution in [0, 0.1) is 0 Å². The summed E-state index contributed by atoms with van der Waals surface area (Å²) in [5.41, 5.74) is 1.62. The molecular formula is C11H18ClNS. The molecule has 0 bridgehead atoms. The van der Waals surface area contributed by atoms with Gasteiger partial charge in [0.05, 0.1) is 0 Å². The fourth-order valence-corrected chi connectivity index (χ4v) is 2.99. The first-order valence-corrected chi connectivity index (χ1v) is 5.91. The Morgan fingerprint density at radius 3 is 2.86 bits per heavy atom. The minimum atomic E-state index is 0. The van der Waals surface area contributed by atoms with Gasteiger partial charge in [-0.25, -0.2) is 0 Å². The number of hydrogen-bond donors (Lipinski definition) is 1. The maximum Gasteiger partial charge on any atom is 0.0302 e. The lowest BCUT2D eigenvalue weighted by Crippen LogP contribution is -2.21. The molecule has 1 N–H and O–H groups in total. The van der Waals surface area contributed by atoms with E-state index in [4.69, 9.17) is 0 Å². The first-order chi connectivity index (χ1) is 6.25. The number of fused-ring (bicyclic) bond motifs is 1. The molecule has 0 amide bonds. The second-order valence-electron chi connectivity index (χ2n) is 4.05. The highest BCUT2D eigenvalue weighted by atomic mass is 35.5. The monoisotopic (exact) mass is 231 g/mol. The van der Waals surface area contributed by atoms with Crippen LogP contribution in [-0.4, -0.2) is 6.04 Å². The van der Waals surface area contributed by atoms with Crippen LogP contribution in [0.25, 0.3) is 0 Å². The lowest BCUT2D eigenvalue weighted by atomic mass is 10.2. The van der Waals surface area contributed by atoms with Crippen molar-refractivity contribution < 1.29 is 0 Å². The van der Waals surface area contributed by atoms with E-state index < -0.39 is 0 Å². The normalized spacial score (nSPS) is 14.2. The van der Waals surface area contributed by atoms with Gasteiger partial charge in [0.15, 0.2) is 0 Å². The van der Waals surface area contributed by atoms with E-state index in [1.165, 1.54) is 24.1 Å². The third kappa shape index (κ3) is 2.72. The number of hydrogen-bond acceptors (Lipinski definition) is 2. The summed E-state index contributed by atoms with van der Waals surface area (Å²) >= 11 is 2.00. The molecule has 0 saturated heterocycles. The van der Waals surface area contributed by atoms with Gasteiger partial charge in [-0.05, 0) is 30.9 Å². The Morgan fingerprint density at radius 2 is 2.21 bits per heavy atom. The summed E-state index contributed by atoms with van der Waals surface area (Å²) in [5, 5.41) is 3.46. The van der Waals surface area contributed by atoms with Crippen molar-refractivity contribution in [2.45, 2.75) is 45.7 Å². The first kappa shape index (κ1) is 12.0. The van der Waals surface area contributed by atoms with Gasteiger partial charge in [0.2, 0.25) is 0 Å². The number of aryl methyl sites for hydroxylation is 2. The van der Waals surface area contributed by atoms with E-state index in [2.05, 4.69) is 25.2 Å². The van der Waals surface area contributed by atoms with E-state index in [-0.39, 0.29) is 12.4 Å². The first-order valence-electron chi connectivity index (χ1n) is 5.09. The molecule has 1 heterocycles. The zero-order chi connectivity index (χ0) is 9.26. The van der Waals surface area contributed by atoms with Crippen LogP contribution >= 0.6 is 23.7 Å². The van der Waals surface area contributed by atoms with Crippen LogP contribution in [0.1, 0.15) is 35.6 Å². The summed E-state index contributed by atoms with van der Waals surface area (Å²) < 4.78 is 0. The zero-order valence-corrected chi connectivity index (χ0v) is 10.4. The molecule has 0 aromatic carbocycles. The van der Waals surface area contributed by atoms with Crippen molar-refractivity contribution in [3.8, 4) is 0 Å². The SMILES string of the molecule is CC(C)NCc1cc2c(s1)CCC2.Cl. The quantitative estimate of drug-likeness (QED) is 0.843. The summed E-state index contributed by atoms with van der Waals surface area (Å²) in [7, 11) is 0. The number of rotatable bonds is 3. The maximum absolute atomic E-state index is 3.46. The molecule has 0 fully saturated rings. The molecule has 1 aromatic heterocycles. The molecule has 0 unspecified atom stereocenters. The lowest BCUT2D eigenvalue weighted by Gasteiger charge is -2.05. The minimum absolute atomic E-state index is 0. The third-order valence-electron chi connectivity index (χ3n) is 2.48. The Morgan fingerprint density at radius 1 is 1.43 bits per heavy atom. The standard InChI is InChI=1S/C11H17NS.ClH/c1-8(2)12-7-10-6-9-4-3-5-11(9)13-10;/h6,8,12H,3-5,7H2,1-2H3;1H. The van der Waals surface area contributed by atoms with Gasteiger partial charge in [0, 0.05) is 22.3 Å². The number of nitrogens with one attached hydrogen (secondary N) is 1. The average molecular weight is 232 g/mol. The second kappa shape index (κ2) is 5.15. The Labute approximate surface area is 96.3 Å². The summed E-state index contributed by atoms with van der Waals surface area (Å²) in [6.07, 6.45) is 4.01. The molecule has 0 atom stereocenters. The van der Waals surface area contributed by atoms with Gasteiger partial charge in [-0.1, -0.05) is 13.8 Å². The number of halogens is 1. The molecule has 3 heteroatoms. The molecule has 0 spiro atoms. The van der Waals surface area contributed by atoms with Gasteiger partial charge >= 0.3 is 0 Å². The largest absolute Gasteiger partial charge is 0.310 e. The van der Waals surface area contributed by atoms with Gasteiger partial charge in [-0.2, -0.15) is 0 Å². The van der Waals surface area contributed by atoms with Crippen molar-refractivity contribution >= 4 is 23.7 Å². The Kier molecular flexibility index (Phi) is 4.42. The molecular weight excluding hydrogens is 214 g/mol. The van der Waals surface area contributed by atoms with Gasteiger partial charge in [0.1, 0.15) is 0 Å². The molecule has 1 aliphatic rings. The molecule has 1 nitrogen and oxygen atoms in total. The maximum atomic E-state index is 3.46. The van der Waals surface area contributed by atoms with E-state index in [9.17, 15) is 0 Å². The van der Waals surface area contributed by atoms with E-state index >= 15 is 0 Å². The van der Waals surface area contributed by atoms with Crippen LogP contribution in [0.15, 0.2) is 6.07 Å². The fourth-order valence-electron chi connectivity index (χ4n) is 1.78. The molecule has 0 saturated carbocycles. The summed E-state index contributed by atoms with van der Waals surface area (Å²) in [6, 6.07) is 2.99. The van der Waals surface area contributed by atoms with E-state index in [1.807, 2.05) is 11.3 Å². The highest BCUT2D eigenvalue weighted by Crippen LogP contribution is 2.30. The smallest absolute Gasteiger partial charge is 0.0302 e. The Balaban J connectivity index is 0.000000980. The fraction of sp³-hybridized carbons (Fsp3) is 0.636. The van der Waals surface area contributed by atoms with Crippen molar-refractivity contribution in [3.63, 3.8) is 0 Å². The Hall–Kier alpha value is -0.0500. The van der Waals surface area contributed by atoms with Crippen molar-refractivity contribution in [3.05, 3.63) is 21.4 Å². The molecule has 14 heavy (non-hydrogen) atoms. The zero-order valence-electron chi connectivity index (χ0n) is 8.80. The van der Waals surface area contributed by atoms with Crippen molar-refractivity contribution in [2.75, 3.05) is 0 Å². The summed E-state index contributed by atoms with van der Waals surface area (Å²) in [4.78, 5) is 3.15. The van der Waals surface area contributed by atoms with Crippen molar-refractivity contribution in [1.82, 2.24) is 5.32 Å². The molecule has 80 valence electrons. The topological polar surface area (TPSA) is 12.0 Å². The van der Waals surface area contributed by atoms with Crippen molar-refractivity contribution in [2.24, 2.45) is 0 Å². The molecule has 1 aromatic rings. The minimum Gasteiger partial charge on any atom is -0.310 e. The highest BCUT2D eigenvalue weighted by molar-refractivity contribution is 7.12. The Bertz CT molecular complexity index is 272. The third-order valence-corrected chi connectivity index (χ3v) is 3.72. The van der Waals surface area contributed by atoms with E-state index in [0.29, 0.717) is 6.04 Å². The van der Waals surface area contributed by atoms with Crippen LogP contribution in [0.2, 0.25) is 0 Å². The van der Waals surface area contributed by atoms with Crippen LogP contribution in [0.3, 0.4) is 0 Å². The molecule has 2 rings (SSSR count). The second-order valence-corrected chi connectivity index (χ2v) is 5.27. The lowest BCUT2D eigenvalue weighted by molar-refractivity contribution is 0.593. The van der Waals surface area contributed by atoms with Crippen LogP contribution in [0.4, 0.5) is 0 Å². The van der Waals surface area contributed by atoms with Crippen LogP contribution in [-0.2, 0) is 19.4 Å². The average Bonchev–Trinajstić information content (AvgIpc) is 2.58. The van der Waals surface area contributed by atoms with Crippen LogP contribution in [0.5, 0.6) is 0 Å². The van der Waals surface area contributed by atoms with E-state index in [0.717, 1.165) is 6.54 Å². The predicted octanol–water partition coefficient (Wildman–Crippen LogP) is 3.16. The number of thiophene rings is 1. The molecule has 0 aliphatic heterocycles. The van der Waals surface area contributed by atoms with Gasteiger partial charge < -0.3 is 5.32 Å². The van der Waals surface area contributed by atoms with Gasteiger partial charge in [-0.15, -0.1) is 23.7 Å². The van der Waals surface area contributed by atoms with Gasteiger partial charge in [0.25, 0.3) is 0 Å². The molecule has 1 aliphatic carbocycles. The van der Waals surface area contributed by atoms with Gasteiger partial charge in [-0.3, -0.25) is 0 Å². The van der Waals surface area contributed by atoms with Crippen LogP contribution < -0.4 is 5.32 Å². The van der Waals surface area contributed by atoms with Crippen molar-refractivity contribution in [1.29, 1.82) is 0 Å². The molecule has 0 radical (unpaired) electrons. The summed E-state index contributed by atoms with van der Waals surface area (Å²) in [6.45, 7) is 5.44.